The molecule has 5 heteroatoms. The van der Waals surface area contributed by atoms with Crippen LogP contribution in [0.4, 0.5) is 10.5 Å². The molecule has 104 valence electrons. The summed E-state index contributed by atoms with van der Waals surface area (Å²) in [5.41, 5.74) is 1.48. The van der Waals surface area contributed by atoms with E-state index in [0.29, 0.717) is 18.8 Å². The van der Waals surface area contributed by atoms with Crippen LogP contribution in [0.25, 0.3) is 0 Å². The van der Waals surface area contributed by atoms with Gasteiger partial charge in [-0.1, -0.05) is 12.1 Å². The number of nitrogens with one attached hydrogen (secondary N) is 1. The van der Waals surface area contributed by atoms with Crippen LogP contribution in [0.15, 0.2) is 24.3 Å². The third-order valence-corrected chi connectivity index (χ3v) is 3.39. The smallest absolute Gasteiger partial charge is 0.321 e. The number of amides is 2. The molecule has 0 bridgehead atoms. The highest BCUT2D eigenvalue weighted by molar-refractivity contribution is 5.89. The molecule has 5 nitrogen and oxygen atoms in total. The Hall–Kier alpha value is -1.59. The first-order chi connectivity index (χ1) is 9.10. The Morgan fingerprint density at radius 1 is 1.58 bits per heavy atom. The van der Waals surface area contributed by atoms with Gasteiger partial charge >= 0.3 is 6.03 Å². The van der Waals surface area contributed by atoms with Crippen molar-refractivity contribution in [3.8, 4) is 0 Å². The zero-order chi connectivity index (χ0) is 13.8. The quantitative estimate of drug-likeness (QED) is 0.877. The summed E-state index contributed by atoms with van der Waals surface area (Å²) in [6.07, 6.45) is 0.466. The topological polar surface area (TPSA) is 61.8 Å². The highest BCUT2D eigenvalue weighted by Gasteiger charge is 2.25. The molecule has 2 rings (SSSR count). The van der Waals surface area contributed by atoms with Crippen LogP contribution in [-0.2, 0) is 4.74 Å². The van der Waals surface area contributed by atoms with Gasteiger partial charge in [0.2, 0.25) is 0 Å². The average molecular weight is 264 g/mol. The first-order valence-corrected chi connectivity index (χ1v) is 6.47. The third-order valence-electron chi connectivity index (χ3n) is 3.39. The molecule has 0 aliphatic carbocycles. The predicted molar refractivity (Wildman–Crippen MR) is 73.1 cm³/mol. The van der Waals surface area contributed by atoms with Gasteiger partial charge in [0.05, 0.1) is 12.2 Å². The summed E-state index contributed by atoms with van der Waals surface area (Å²) >= 11 is 0. The maximum absolute atomic E-state index is 12.1. The summed E-state index contributed by atoms with van der Waals surface area (Å²) in [4.78, 5) is 13.8. The first kappa shape index (κ1) is 13.8. The maximum atomic E-state index is 12.1. The van der Waals surface area contributed by atoms with Crippen LogP contribution in [0.2, 0.25) is 0 Å². The van der Waals surface area contributed by atoms with Crippen molar-refractivity contribution in [3.05, 3.63) is 29.8 Å². The maximum Gasteiger partial charge on any atom is 0.321 e. The molecule has 2 unspecified atom stereocenters. The van der Waals surface area contributed by atoms with Crippen LogP contribution in [0, 0.1) is 0 Å². The Morgan fingerprint density at radius 2 is 2.37 bits per heavy atom. The molecule has 2 N–H and O–H groups in total. The van der Waals surface area contributed by atoms with Crippen LogP contribution in [0.5, 0.6) is 0 Å². The number of anilines is 1. The predicted octanol–water partition coefficient (Wildman–Crippen LogP) is 1.99. The molecule has 2 atom stereocenters. The number of hydrogen-bond acceptors (Lipinski definition) is 3. The molecule has 2 amide bonds. The average Bonchev–Trinajstić information content (AvgIpc) is 2.88. The minimum absolute atomic E-state index is 0.123. The Labute approximate surface area is 113 Å². The fourth-order valence-corrected chi connectivity index (χ4v) is 2.18. The second-order valence-electron chi connectivity index (χ2n) is 4.82. The van der Waals surface area contributed by atoms with E-state index >= 15 is 0 Å². The van der Waals surface area contributed by atoms with Gasteiger partial charge in [-0.25, -0.2) is 4.79 Å². The zero-order valence-electron chi connectivity index (χ0n) is 11.3. The fourth-order valence-electron chi connectivity index (χ4n) is 2.18. The van der Waals surface area contributed by atoms with Gasteiger partial charge in [-0.05, 0) is 31.0 Å². The van der Waals surface area contributed by atoms with E-state index in [-0.39, 0.29) is 12.1 Å². The Balaban J connectivity index is 1.97. The summed E-state index contributed by atoms with van der Waals surface area (Å²) in [7, 11) is 1.66. The standard InChI is InChI=1S/C14H20N2O3/c1-10(17)11-4-3-5-12(8-11)15-14(18)16-7-6-13(9-16)19-2/h3-5,8,10,13,17H,6-7,9H2,1-2H3,(H,15,18). The largest absolute Gasteiger partial charge is 0.389 e. The molecular weight excluding hydrogens is 244 g/mol. The second-order valence-corrected chi connectivity index (χ2v) is 4.82. The van der Waals surface area contributed by atoms with Gasteiger partial charge in [-0.2, -0.15) is 0 Å². The van der Waals surface area contributed by atoms with E-state index in [0.717, 1.165) is 12.0 Å². The van der Waals surface area contributed by atoms with Crippen molar-refractivity contribution in [1.82, 2.24) is 4.90 Å². The number of rotatable bonds is 3. The Kier molecular flexibility index (Phi) is 4.39. The summed E-state index contributed by atoms with van der Waals surface area (Å²) in [5, 5.41) is 12.4. The first-order valence-electron chi connectivity index (χ1n) is 6.47. The van der Waals surface area contributed by atoms with Crippen molar-refractivity contribution in [1.29, 1.82) is 0 Å². The van der Waals surface area contributed by atoms with Crippen LogP contribution in [-0.4, -0.2) is 42.3 Å². The van der Waals surface area contributed by atoms with Gasteiger partial charge in [-0.15, -0.1) is 0 Å². The minimum atomic E-state index is -0.540. The molecule has 19 heavy (non-hydrogen) atoms. The number of urea groups is 1. The lowest BCUT2D eigenvalue weighted by Gasteiger charge is -2.17. The van der Waals surface area contributed by atoms with Crippen molar-refractivity contribution in [2.24, 2.45) is 0 Å². The number of benzene rings is 1. The van der Waals surface area contributed by atoms with E-state index in [1.807, 2.05) is 18.2 Å². The molecule has 0 saturated carbocycles. The normalized spacial score (nSPS) is 20.4. The van der Waals surface area contributed by atoms with E-state index in [1.54, 1.807) is 25.0 Å². The van der Waals surface area contributed by atoms with Crippen molar-refractivity contribution < 1.29 is 14.6 Å². The number of hydrogen-bond donors (Lipinski definition) is 2. The van der Waals surface area contributed by atoms with Gasteiger partial charge in [0.25, 0.3) is 0 Å². The molecule has 1 aromatic carbocycles. The number of ether oxygens (including phenoxy) is 1. The van der Waals surface area contributed by atoms with Crippen molar-refractivity contribution >= 4 is 11.7 Å². The number of methoxy groups -OCH3 is 1. The van der Waals surface area contributed by atoms with Crippen LogP contribution in [0.3, 0.4) is 0 Å². The minimum Gasteiger partial charge on any atom is -0.389 e. The van der Waals surface area contributed by atoms with Gasteiger partial charge in [0.15, 0.2) is 0 Å². The number of carbonyl (C=O) groups is 1. The highest BCUT2D eigenvalue weighted by Crippen LogP contribution is 2.18. The SMILES string of the molecule is COC1CCN(C(=O)Nc2cccc(C(C)O)c2)C1. The van der Waals surface area contributed by atoms with E-state index in [4.69, 9.17) is 4.74 Å². The Morgan fingerprint density at radius 3 is 3.00 bits per heavy atom. The number of likely N-dealkylation sites (tertiary alicyclic amines) is 1. The summed E-state index contributed by atoms with van der Waals surface area (Å²) in [5.74, 6) is 0. The van der Waals surface area contributed by atoms with E-state index in [9.17, 15) is 9.90 Å². The number of aliphatic hydroxyl groups is 1. The van der Waals surface area contributed by atoms with Crippen molar-refractivity contribution in [3.63, 3.8) is 0 Å². The lowest BCUT2D eigenvalue weighted by Crippen LogP contribution is -2.33. The molecule has 0 radical (unpaired) electrons. The van der Waals surface area contributed by atoms with Crippen LogP contribution in [0.1, 0.15) is 25.0 Å². The van der Waals surface area contributed by atoms with E-state index in [1.165, 1.54) is 0 Å². The molecule has 1 fully saturated rings. The van der Waals surface area contributed by atoms with E-state index < -0.39 is 6.10 Å². The van der Waals surface area contributed by atoms with Gasteiger partial charge in [0.1, 0.15) is 0 Å². The molecule has 1 aromatic rings. The summed E-state index contributed by atoms with van der Waals surface area (Å²) in [6.45, 7) is 3.03. The lowest BCUT2D eigenvalue weighted by atomic mass is 10.1. The highest BCUT2D eigenvalue weighted by atomic mass is 16.5. The summed E-state index contributed by atoms with van der Waals surface area (Å²) < 4.78 is 5.24. The van der Waals surface area contributed by atoms with Gasteiger partial charge < -0.3 is 20.1 Å². The lowest BCUT2D eigenvalue weighted by molar-refractivity contribution is 0.111. The number of nitrogens with zero attached hydrogens (tertiary/aromatic N) is 1. The monoisotopic (exact) mass is 264 g/mol. The molecule has 1 saturated heterocycles. The Bertz CT molecular complexity index is 448. The molecule has 1 aliphatic heterocycles. The van der Waals surface area contributed by atoms with Crippen LogP contribution < -0.4 is 5.32 Å². The molecule has 1 heterocycles. The molecule has 0 spiro atoms. The molecule has 0 aromatic heterocycles. The zero-order valence-corrected chi connectivity index (χ0v) is 11.3. The second kappa shape index (κ2) is 6.04. The number of aliphatic hydroxyl groups excluding tert-OH is 1. The molecule has 1 aliphatic rings. The fraction of sp³-hybridized carbons (Fsp3) is 0.500. The van der Waals surface area contributed by atoms with E-state index in [2.05, 4.69) is 5.32 Å². The summed E-state index contributed by atoms with van der Waals surface area (Å²) in [6, 6.07) is 7.12. The van der Waals surface area contributed by atoms with Crippen molar-refractivity contribution in [2.75, 3.05) is 25.5 Å². The van der Waals surface area contributed by atoms with Gasteiger partial charge in [0, 0.05) is 25.9 Å². The molecular formula is C14H20N2O3. The third kappa shape index (κ3) is 3.45. The van der Waals surface area contributed by atoms with Crippen molar-refractivity contribution in [2.45, 2.75) is 25.6 Å². The van der Waals surface area contributed by atoms with Crippen LogP contribution >= 0.6 is 0 Å². The number of carbonyl (C=O) groups excluding carboxylic acids is 1. The van der Waals surface area contributed by atoms with Gasteiger partial charge in [-0.3, -0.25) is 0 Å².